The Bertz CT molecular complexity index is 166. The Kier molecular flexibility index (Phi) is 1.31. The van der Waals surface area contributed by atoms with Gasteiger partial charge in [-0.3, -0.25) is 4.99 Å². The monoisotopic (exact) mass is 135 g/mol. The molecule has 0 spiro atoms. The number of halogens is 3. The highest BCUT2D eigenvalue weighted by Crippen LogP contribution is 2.19. The van der Waals surface area contributed by atoms with E-state index in [4.69, 9.17) is 0 Å². The molecule has 0 aromatic rings. The molecule has 4 heteroatoms. The van der Waals surface area contributed by atoms with Gasteiger partial charge < -0.3 is 0 Å². The number of aliphatic imine (C=N–C) groups is 1. The summed E-state index contributed by atoms with van der Waals surface area (Å²) in [6.45, 7) is 0.162. The molecule has 0 radical (unpaired) electrons. The third kappa shape index (κ3) is 1.31. The van der Waals surface area contributed by atoms with E-state index >= 15 is 0 Å². The van der Waals surface area contributed by atoms with Crippen LogP contribution < -0.4 is 0 Å². The van der Waals surface area contributed by atoms with Crippen molar-refractivity contribution in [2.75, 3.05) is 6.54 Å². The van der Waals surface area contributed by atoms with E-state index in [9.17, 15) is 13.2 Å². The third-order valence-corrected chi connectivity index (χ3v) is 0.933. The lowest BCUT2D eigenvalue weighted by Crippen LogP contribution is -2.18. The van der Waals surface area contributed by atoms with Gasteiger partial charge in [0.25, 0.3) is 0 Å². The van der Waals surface area contributed by atoms with Gasteiger partial charge >= 0.3 is 6.18 Å². The molecule has 1 rings (SSSR count). The molecule has 0 saturated heterocycles. The maximum absolute atomic E-state index is 11.6. The van der Waals surface area contributed by atoms with E-state index in [0.29, 0.717) is 0 Å². The summed E-state index contributed by atoms with van der Waals surface area (Å²) in [5.41, 5.74) is -0.775. The Labute approximate surface area is 49.9 Å². The van der Waals surface area contributed by atoms with Gasteiger partial charge in [-0.1, -0.05) is 6.08 Å². The van der Waals surface area contributed by atoms with Gasteiger partial charge in [0, 0.05) is 0 Å². The first-order chi connectivity index (χ1) is 4.11. The predicted molar refractivity (Wildman–Crippen MR) is 27.5 cm³/mol. The second-order valence-electron chi connectivity index (χ2n) is 1.63. The molecule has 0 unspecified atom stereocenters. The molecule has 0 amide bonds. The summed E-state index contributed by atoms with van der Waals surface area (Å²) in [6, 6.07) is 0. The third-order valence-electron chi connectivity index (χ3n) is 0.933. The van der Waals surface area contributed by atoms with Crippen molar-refractivity contribution in [3.8, 4) is 0 Å². The number of nitrogens with zero attached hydrogens (tertiary/aromatic N) is 1. The summed E-state index contributed by atoms with van der Waals surface area (Å²) in [6.07, 6.45) is -1.89. The largest absolute Gasteiger partial charge is 0.432 e. The zero-order valence-electron chi connectivity index (χ0n) is 4.44. The van der Waals surface area contributed by atoms with Crippen molar-refractivity contribution in [3.63, 3.8) is 0 Å². The van der Waals surface area contributed by atoms with Crippen LogP contribution in [0.3, 0.4) is 0 Å². The second kappa shape index (κ2) is 1.86. The number of alkyl halides is 3. The molecule has 0 atom stereocenters. The average Bonchev–Trinajstić information content (AvgIpc) is 2.08. The first-order valence-electron chi connectivity index (χ1n) is 2.39. The average molecular weight is 135 g/mol. The van der Waals surface area contributed by atoms with Crippen LogP contribution in [0.2, 0.25) is 0 Å². The lowest BCUT2D eigenvalue weighted by Gasteiger charge is -2.01. The summed E-state index contributed by atoms with van der Waals surface area (Å²) in [4.78, 5) is 3.19. The minimum absolute atomic E-state index is 0.162. The van der Waals surface area contributed by atoms with Gasteiger partial charge in [0.15, 0.2) is 0 Å². The predicted octanol–water partition coefficient (Wildman–Crippen LogP) is 1.56. The number of hydrogen-bond donors (Lipinski definition) is 0. The van der Waals surface area contributed by atoms with Crippen LogP contribution in [0.25, 0.3) is 0 Å². The van der Waals surface area contributed by atoms with Gasteiger partial charge in [0.05, 0.1) is 6.54 Å². The highest BCUT2D eigenvalue weighted by atomic mass is 19.4. The number of hydrogen-bond acceptors (Lipinski definition) is 1. The minimum atomic E-state index is -4.26. The molecular weight excluding hydrogens is 131 g/mol. The highest BCUT2D eigenvalue weighted by molar-refractivity contribution is 6.00. The topological polar surface area (TPSA) is 12.4 Å². The maximum atomic E-state index is 11.6. The van der Waals surface area contributed by atoms with Gasteiger partial charge in [0.2, 0.25) is 0 Å². The molecule has 0 aliphatic carbocycles. The van der Waals surface area contributed by atoms with Crippen LogP contribution >= 0.6 is 0 Å². The molecule has 9 heavy (non-hydrogen) atoms. The molecule has 1 aliphatic rings. The lowest BCUT2D eigenvalue weighted by molar-refractivity contribution is -0.0576. The zero-order valence-corrected chi connectivity index (χ0v) is 4.44. The Morgan fingerprint density at radius 1 is 1.44 bits per heavy atom. The molecule has 50 valence electrons. The van der Waals surface area contributed by atoms with Crippen LogP contribution in [0.1, 0.15) is 0 Å². The van der Waals surface area contributed by atoms with Crippen molar-refractivity contribution in [1.82, 2.24) is 0 Å². The summed E-state index contributed by atoms with van der Waals surface area (Å²) < 4.78 is 34.7. The van der Waals surface area contributed by atoms with E-state index in [1.165, 1.54) is 6.08 Å². The SMILES string of the molecule is FC(F)(F)C1=NCC=C1. The van der Waals surface area contributed by atoms with Crippen molar-refractivity contribution in [2.24, 2.45) is 4.99 Å². The van der Waals surface area contributed by atoms with E-state index < -0.39 is 11.9 Å². The fraction of sp³-hybridized carbons (Fsp3) is 0.400. The normalized spacial score (nSPS) is 18.3. The van der Waals surface area contributed by atoms with Crippen molar-refractivity contribution >= 4 is 5.71 Å². The Morgan fingerprint density at radius 3 is 2.33 bits per heavy atom. The van der Waals surface area contributed by atoms with Crippen LogP contribution in [0, 0.1) is 0 Å². The molecule has 0 aromatic heterocycles. The van der Waals surface area contributed by atoms with Gasteiger partial charge in [-0.15, -0.1) is 0 Å². The zero-order chi connectivity index (χ0) is 6.91. The second-order valence-corrected chi connectivity index (χ2v) is 1.63. The molecule has 1 aliphatic heterocycles. The fourth-order valence-corrected chi connectivity index (χ4v) is 0.552. The summed E-state index contributed by atoms with van der Waals surface area (Å²) in [7, 11) is 0. The molecule has 0 saturated carbocycles. The standard InChI is InChI=1S/C5H4F3N/c6-5(7,8)4-2-1-3-9-4/h1-2H,3H2. The van der Waals surface area contributed by atoms with E-state index in [1.807, 2.05) is 0 Å². The summed E-state index contributed by atoms with van der Waals surface area (Å²) >= 11 is 0. The van der Waals surface area contributed by atoms with Crippen molar-refractivity contribution in [1.29, 1.82) is 0 Å². The highest BCUT2D eigenvalue weighted by Gasteiger charge is 2.34. The minimum Gasteiger partial charge on any atom is -0.276 e. The van der Waals surface area contributed by atoms with Crippen molar-refractivity contribution in [3.05, 3.63) is 12.2 Å². The molecule has 0 N–H and O–H groups in total. The Balaban J connectivity index is 2.73. The van der Waals surface area contributed by atoms with Crippen LogP contribution in [0.5, 0.6) is 0 Å². The van der Waals surface area contributed by atoms with Crippen molar-refractivity contribution < 1.29 is 13.2 Å². The molecule has 1 nitrogen and oxygen atoms in total. The maximum Gasteiger partial charge on any atom is 0.432 e. The first-order valence-corrected chi connectivity index (χ1v) is 2.39. The number of rotatable bonds is 0. The van der Waals surface area contributed by atoms with Crippen LogP contribution in [-0.2, 0) is 0 Å². The smallest absolute Gasteiger partial charge is 0.276 e. The van der Waals surface area contributed by atoms with Crippen molar-refractivity contribution in [2.45, 2.75) is 6.18 Å². The quantitative estimate of drug-likeness (QED) is 0.478. The van der Waals surface area contributed by atoms with E-state index in [0.717, 1.165) is 6.08 Å². The first kappa shape index (κ1) is 6.32. The summed E-state index contributed by atoms with van der Waals surface area (Å²) in [5.74, 6) is 0. The lowest BCUT2D eigenvalue weighted by atomic mass is 10.4. The summed E-state index contributed by atoms with van der Waals surface area (Å²) in [5, 5.41) is 0. The Hall–Kier alpha value is -0.800. The van der Waals surface area contributed by atoms with E-state index in [-0.39, 0.29) is 6.54 Å². The van der Waals surface area contributed by atoms with E-state index in [2.05, 4.69) is 4.99 Å². The fourth-order valence-electron chi connectivity index (χ4n) is 0.552. The molecule has 0 aromatic carbocycles. The molecule has 1 heterocycles. The van der Waals surface area contributed by atoms with Gasteiger partial charge in [0.1, 0.15) is 5.71 Å². The molecule has 0 fully saturated rings. The van der Waals surface area contributed by atoms with Crippen LogP contribution in [-0.4, -0.2) is 18.4 Å². The Morgan fingerprint density at radius 2 is 2.11 bits per heavy atom. The number of allylic oxidation sites excluding steroid dienone is 1. The van der Waals surface area contributed by atoms with Crippen LogP contribution in [0.15, 0.2) is 17.1 Å². The van der Waals surface area contributed by atoms with E-state index in [1.54, 1.807) is 0 Å². The molecular formula is C5H4F3N. The van der Waals surface area contributed by atoms with Crippen LogP contribution in [0.4, 0.5) is 13.2 Å². The van der Waals surface area contributed by atoms with Gasteiger partial charge in [-0.05, 0) is 6.08 Å². The molecule has 0 bridgehead atoms. The van der Waals surface area contributed by atoms with Gasteiger partial charge in [-0.25, -0.2) is 0 Å². The van der Waals surface area contributed by atoms with Gasteiger partial charge in [-0.2, -0.15) is 13.2 Å².